The molecule has 0 saturated carbocycles. The number of carbonyl (C=O) groups is 1. The number of hydrogen-bond donors (Lipinski definition) is 0. The molecule has 0 aliphatic carbocycles. The number of rotatable bonds is 7. The topological polar surface area (TPSA) is 26.8 Å². The van der Waals surface area contributed by atoms with E-state index in [1.807, 2.05) is 4.90 Å². The number of carbonyl (C=O) groups excluding carboxylic acids is 1. The van der Waals surface area contributed by atoms with Crippen molar-refractivity contribution in [2.75, 3.05) is 34.2 Å². The number of piperidine rings is 1. The largest absolute Gasteiger partial charge is 0.340 e. The van der Waals surface area contributed by atoms with Gasteiger partial charge < -0.3 is 14.7 Å². The number of amides is 1. The number of benzene rings is 1. The highest BCUT2D eigenvalue weighted by molar-refractivity contribution is 5.77. The van der Waals surface area contributed by atoms with Crippen LogP contribution in [-0.4, -0.2) is 60.9 Å². The van der Waals surface area contributed by atoms with Crippen molar-refractivity contribution in [3.63, 3.8) is 0 Å². The van der Waals surface area contributed by atoms with Gasteiger partial charge in [-0.2, -0.15) is 0 Å². The first-order valence-electron chi connectivity index (χ1n) is 9.05. The molecule has 1 unspecified atom stereocenters. The second-order valence-electron chi connectivity index (χ2n) is 7.80. The highest BCUT2D eigenvalue weighted by Crippen LogP contribution is 2.21. The monoisotopic (exact) mass is 331 g/mol. The number of hydrogen-bond acceptors (Lipinski definition) is 3. The Hall–Kier alpha value is -1.39. The molecule has 0 spiro atoms. The Bertz CT molecular complexity index is 524. The second kappa shape index (κ2) is 8.63. The summed E-state index contributed by atoms with van der Waals surface area (Å²) in [6, 6.07) is 9.24. The SMILES string of the molecule is CC(C)N1CC(CN(C)Cc2ccc(CN(C)C)cc2)CCC1=O. The Labute approximate surface area is 147 Å². The molecule has 1 saturated heterocycles. The first kappa shape index (κ1) is 18.9. The van der Waals surface area contributed by atoms with Crippen LogP contribution in [0.25, 0.3) is 0 Å². The summed E-state index contributed by atoms with van der Waals surface area (Å²) in [5, 5.41) is 0. The molecule has 1 heterocycles. The van der Waals surface area contributed by atoms with Crippen molar-refractivity contribution in [1.29, 1.82) is 0 Å². The molecule has 1 aromatic rings. The molecular formula is C20H33N3O. The molecule has 1 amide bonds. The number of likely N-dealkylation sites (tertiary alicyclic amines) is 1. The molecule has 0 aromatic heterocycles. The molecule has 1 fully saturated rings. The number of nitrogens with zero attached hydrogens (tertiary/aromatic N) is 3. The van der Waals surface area contributed by atoms with E-state index in [2.05, 4.69) is 69.1 Å². The van der Waals surface area contributed by atoms with Crippen molar-refractivity contribution >= 4 is 5.91 Å². The summed E-state index contributed by atoms with van der Waals surface area (Å²) in [6.45, 7) is 8.13. The van der Waals surface area contributed by atoms with Crippen LogP contribution in [0.3, 0.4) is 0 Å². The third-order valence-electron chi connectivity index (χ3n) is 4.71. The summed E-state index contributed by atoms with van der Waals surface area (Å²) in [5.74, 6) is 0.906. The lowest BCUT2D eigenvalue weighted by atomic mass is 9.96. The molecule has 1 aromatic carbocycles. The third-order valence-corrected chi connectivity index (χ3v) is 4.71. The van der Waals surface area contributed by atoms with E-state index in [9.17, 15) is 4.79 Å². The van der Waals surface area contributed by atoms with Gasteiger partial charge in [-0.05, 0) is 58.5 Å². The zero-order valence-electron chi connectivity index (χ0n) is 16.0. The molecule has 0 N–H and O–H groups in total. The van der Waals surface area contributed by atoms with Gasteiger partial charge in [-0.25, -0.2) is 0 Å². The van der Waals surface area contributed by atoms with Crippen LogP contribution >= 0.6 is 0 Å². The second-order valence-corrected chi connectivity index (χ2v) is 7.80. The summed E-state index contributed by atoms with van der Waals surface area (Å²) in [6.07, 6.45) is 1.73. The lowest BCUT2D eigenvalue weighted by molar-refractivity contribution is -0.136. The van der Waals surface area contributed by atoms with Gasteiger partial charge in [0.25, 0.3) is 0 Å². The van der Waals surface area contributed by atoms with Gasteiger partial charge in [0, 0.05) is 38.6 Å². The molecular weight excluding hydrogens is 298 g/mol. The molecule has 4 nitrogen and oxygen atoms in total. The summed E-state index contributed by atoms with van der Waals surface area (Å²) in [4.78, 5) is 18.6. The van der Waals surface area contributed by atoms with Gasteiger partial charge in [-0.1, -0.05) is 24.3 Å². The van der Waals surface area contributed by atoms with Crippen molar-refractivity contribution in [3.8, 4) is 0 Å². The highest BCUT2D eigenvalue weighted by atomic mass is 16.2. The molecule has 4 heteroatoms. The summed E-state index contributed by atoms with van der Waals surface area (Å²) >= 11 is 0. The van der Waals surface area contributed by atoms with Gasteiger partial charge in [0.2, 0.25) is 5.91 Å². The Balaban J connectivity index is 1.84. The minimum Gasteiger partial charge on any atom is -0.340 e. The normalized spacial score (nSPS) is 18.9. The van der Waals surface area contributed by atoms with Gasteiger partial charge in [0.15, 0.2) is 0 Å². The predicted molar refractivity (Wildman–Crippen MR) is 99.7 cm³/mol. The van der Waals surface area contributed by atoms with Crippen molar-refractivity contribution in [1.82, 2.24) is 14.7 Å². The summed E-state index contributed by atoms with van der Waals surface area (Å²) < 4.78 is 0. The van der Waals surface area contributed by atoms with Crippen molar-refractivity contribution in [2.45, 2.75) is 45.8 Å². The first-order valence-corrected chi connectivity index (χ1v) is 9.05. The van der Waals surface area contributed by atoms with Gasteiger partial charge >= 0.3 is 0 Å². The van der Waals surface area contributed by atoms with E-state index in [1.54, 1.807) is 0 Å². The van der Waals surface area contributed by atoms with Crippen LogP contribution in [0.2, 0.25) is 0 Å². The van der Waals surface area contributed by atoms with E-state index in [4.69, 9.17) is 0 Å². The Kier molecular flexibility index (Phi) is 6.81. The molecule has 2 rings (SSSR count). The van der Waals surface area contributed by atoms with Gasteiger partial charge in [-0.15, -0.1) is 0 Å². The average Bonchev–Trinajstić information content (AvgIpc) is 2.50. The summed E-state index contributed by atoms with van der Waals surface area (Å²) in [7, 11) is 6.37. The summed E-state index contributed by atoms with van der Waals surface area (Å²) in [5.41, 5.74) is 2.71. The quantitative estimate of drug-likeness (QED) is 0.769. The maximum absolute atomic E-state index is 12.0. The maximum atomic E-state index is 12.0. The van der Waals surface area contributed by atoms with E-state index in [0.29, 0.717) is 24.3 Å². The fourth-order valence-corrected chi connectivity index (χ4v) is 3.52. The minimum absolute atomic E-state index is 0.315. The molecule has 0 radical (unpaired) electrons. The minimum atomic E-state index is 0.315. The molecule has 24 heavy (non-hydrogen) atoms. The van der Waals surface area contributed by atoms with E-state index >= 15 is 0 Å². The Morgan fingerprint density at radius 1 is 1.08 bits per heavy atom. The average molecular weight is 332 g/mol. The maximum Gasteiger partial charge on any atom is 0.222 e. The molecule has 1 atom stereocenters. The van der Waals surface area contributed by atoms with Crippen molar-refractivity contribution in [2.24, 2.45) is 5.92 Å². The van der Waals surface area contributed by atoms with Crippen LogP contribution in [0.5, 0.6) is 0 Å². The molecule has 134 valence electrons. The third kappa shape index (κ3) is 5.60. The lowest BCUT2D eigenvalue weighted by Gasteiger charge is -2.37. The Morgan fingerprint density at radius 2 is 1.67 bits per heavy atom. The molecule has 1 aliphatic rings. The van der Waals surface area contributed by atoms with Crippen LogP contribution < -0.4 is 0 Å². The molecule has 0 bridgehead atoms. The van der Waals surface area contributed by atoms with E-state index in [0.717, 1.165) is 32.6 Å². The highest BCUT2D eigenvalue weighted by Gasteiger charge is 2.27. The van der Waals surface area contributed by atoms with E-state index in [-0.39, 0.29) is 0 Å². The van der Waals surface area contributed by atoms with Gasteiger partial charge in [-0.3, -0.25) is 4.79 Å². The van der Waals surface area contributed by atoms with Crippen molar-refractivity contribution < 1.29 is 4.79 Å². The lowest BCUT2D eigenvalue weighted by Crippen LogP contribution is -2.46. The van der Waals surface area contributed by atoms with Crippen LogP contribution in [0.4, 0.5) is 0 Å². The zero-order chi connectivity index (χ0) is 17.7. The van der Waals surface area contributed by atoms with Crippen LogP contribution in [0.1, 0.15) is 37.8 Å². The predicted octanol–water partition coefficient (Wildman–Crippen LogP) is 2.83. The smallest absolute Gasteiger partial charge is 0.222 e. The fraction of sp³-hybridized carbons (Fsp3) is 0.650. The fourth-order valence-electron chi connectivity index (χ4n) is 3.52. The van der Waals surface area contributed by atoms with Gasteiger partial charge in [0.05, 0.1) is 0 Å². The van der Waals surface area contributed by atoms with Crippen LogP contribution in [0.15, 0.2) is 24.3 Å². The van der Waals surface area contributed by atoms with Crippen molar-refractivity contribution in [3.05, 3.63) is 35.4 Å². The van der Waals surface area contributed by atoms with Gasteiger partial charge in [0.1, 0.15) is 0 Å². The van der Waals surface area contributed by atoms with Crippen LogP contribution in [-0.2, 0) is 17.9 Å². The first-order chi connectivity index (χ1) is 11.3. The standard InChI is InChI=1S/C20H33N3O/c1-16(2)23-15-19(10-11-20(23)24)14-22(5)13-18-8-6-17(7-9-18)12-21(3)4/h6-9,16,19H,10-15H2,1-5H3. The zero-order valence-corrected chi connectivity index (χ0v) is 16.0. The molecule has 1 aliphatic heterocycles. The van der Waals surface area contributed by atoms with E-state index < -0.39 is 0 Å². The van der Waals surface area contributed by atoms with Crippen LogP contribution in [0, 0.1) is 5.92 Å². The van der Waals surface area contributed by atoms with E-state index in [1.165, 1.54) is 11.1 Å². The Morgan fingerprint density at radius 3 is 2.21 bits per heavy atom.